The van der Waals surface area contributed by atoms with Crippen LogP contribution in [0.4, 0.5) is 0 Å². The molecule has 3 heterocycles. The minimum absolute atomic E-state index is 0.666. The van der Waals surface area contributed by atoms with Crippen molar-refractivity contribution in [3.05, 3.63) is 218 Å². The van der Waals surface area contributed by atoms with Crippen LogP contribution in [0.1, 0.15) is 0 Å². The Morgan fingerprint density at radius 1 is 0.323 bits per heavy atom. The van der Waals surface area contributed by atoms with Crippen LogP contribution in [-0.4, -0.2) is 9.97 Å². The molecule has 0 aliphatic heterocycles. The predicted octanol–water partition coefficient (Wildman–Crippen LogP) is 16.4. The maximum atomic E-state index is 6.79. The van der Waals surface area contributed by atoms with Gasteiger partial charge in [-0.1, -0.05) is 170 Å². The second kappa shape index (κ2) is 15.0. The SMILES string of the molecule is c1ccc(-c2cc(-c3ccccc3)cc(-c3cc(-c4ccccc4)nc(-c4ccc(-c5ccc(-c6cccc7sc8ccccc8c67)c6c5oc5ccccc56)cc4)n3)c2)cc1. The van der Waals surface area contributed by atoms with Gasteiger partial charge in [-0.3, -0.25) is 0 Å². The molecule has 0 saturated carbocycles. The average Bonchev–Trinajstić information content (AvgIpc) is 3.94. The average molecular weight is 809 g/mol. The third-order valence-electron chi connectivity index (χ3n) is 11.9. The van der Waals surface area contributed by atoms with Gasteiger partial charge in [0.25, 0.3) is 0 Å². The molecular weight excluding hydrogens is 773 g/mol. The first-order valence-electron chi connectivity index (χ1n) is 20.9. The maximum Gasteiger partial charge on any atom is 0.160 e. The van der Waals surface area contributed by atoms with E-state index in [-0.39, 0.29) is 0 Å². The minimum atomic E-state index is 0.666. The molecule has 0 fully saturated rings. The van der Waals surface area contributed by atoms with Crippen LogP contribution in [-0.2, 0) is 0 Å². The Balaban J connectivity index is 0.996. The molecule has 0 radical (unpaired) electrons. The summed E-state index contributed by atoms with van der Waals surface area (Å²) in [6.45, 7) is 0. The largest absolute Gasteiger partial charge is 0.455 e. The van der Waals surface area contributed by atoms with E-state index in [1.165, 1.54) is 31.3 Å². The Bertz CT molecular complexity index is 3550. The second-order valence-electron chi connectivity index (χ2n) is 15.7. The summed E-state index contributed by atoms with van der Waals surface area (Å²) < 4.78 is 9.36. The lowest BCUT2D eigenvalue weighted by molar-refractivity contribution is 0.670. The molecule has 3 aromatic heterocycles. The van der Waals surface area contributed by atoms with Crippen LogP contribution >= 0.6 is 11.3 Å². The maximum absolute atomic E-state index is 6.79. The number of benzene rings is 9. The van der Waals surface area contributed by atoms with E-state index in [0.717, 1.165) is 83.4 Å². The van der Waals surface area contributed by atoms with Crippen LogP contribution in [0.5, 0.6) is 0 Å². The van der Waals surface area contributed by atoms with Crippen LogP contribution in [0.2, 0.25) is 0 Å². The van der Waals surface area contributed by atoms with Crippen molar-refractivity contribution in [1.82, 2.24) is 9.97 Å². The van der Waals surface area contributed by atoms with Crippen LogP contribution in [0.15, 0.2) is 223 Å². The Labute approximate surface area is 362 Å². The number of thiophene rings is 1. The molecule has 4 heteroatoms. The van der Waals surface area contributed by atoms with E-state index in [1.807, 2.05) is 23.5 Å². The number of hydrogen-bond acceptors (Lipinski definition) is 4. The van der Waals surface area contributed by atoms with Gasteiger partial charge in [0.2, 0.25) is 0 Å². The van der Waals surface area contributed by atoms with Crippen LogP contribution < -0.4 is 0 Å². The third kappa shape index (κ3) is 6.28. The molecule has 62 heavy (non-hydrogen) atoms. The molecule has 12 rings (SSSR count). The monoisotopic (exact) mass is 808 g/mol. The summed E-state index contributed by atoms with van der Waals surface area (Å²) in [6, 6.07) is 77.2. The molecule has 0 unspecified atom stereocenters. The van der Waals surface area contributed by atoms with Crippen LogP contribution in [0.3, 0.4) is 0 Å². The number of aromatic nitrogens is 2. The second-order valence-corrected chi connectivity index (χ2v) is 16.8. The topological polar surface area (TPSA) is 38.9 Å². The van der Waals surface area contributed by atoms with E-state index in [0.29, 0.717) is 5.82 Å². The summed E-state index contributed by atoms with van der Waals surface area (Å²) in [7, 11) is 0. The van der Waals surface area contributed by atoms with Gasteiger partial charge in [0.15, 0.2) is 5.82 Å². The highest BCUT2D eigenvalue weighted by atomic mass is 32.1. The highest BCUT2D eigenvalue weighted by molar-refractivity contribution is 7.25. The molecule has 0 aliphatic carbocycles. The van der Waals surface area contributed by atoms with Gasteiger partial charge in [0.05, 0.1) is 11.4 Å². The molecule has 12 aromatic rings. The molecular formula is C58H36N2OS. The molecule has 0 spiro atoms. The van der Waals surface area contributed by atoms with E-state index in [2.05, 4.69) is 206 Å². The van der Waals surface area contributed by atoms with E-state index in [4.69, 9.17) is 14.4 Å². The summed E-state index contributed by atoms with van der Waals surface area (Å²) in [5.41, 5.74) is 15.6. The zero-order chi connectivity index (χ0) is 41.0. The number of nitrogens with zero attached hydrogens (tertiary/aromatic N) is 2. The van der Waals surface area contributed by atoms with Crippen molar-refractivity contribution in [1.29, 1.82) is 0 Å². The van der Waals surface area contributed by atoms with E-state index in [9.17, 15) is 0 Å². The third-order valence-corrected chi connectivity index (χ3v) is 13.0. The van der Waals surface area contributed by atoms with Gasteiger partial charge >= 0.3 is 0 Å². The van der Waals surface area contributed by atoms with Crippen molar-refractivity contribution in [2.24, 2.45) is 0 Å². The number of hydrogen-bond donors (Lipinski definition) is 0. The zero-order valence-electron chi connectivity index (χ0n) is 33.5. The van der Waals surface area contributed by atoms with Gasteiger partial charge in [-0.15, -0.1) is 11.3 Å². The number of para-hydroxylation sites is 1. The summed E-state index contributed by atoms with van der Waals surface area (Å²) in [5, 5.41) is 4.81. The molecule has 9 aromatic carbocycles. The standard InChI is InChI=1S/C58H36N2OS/c1-4-15-37(16-5-1)42-33-43(38-17-6-2-7-18-38)35-44(34-42)51-36-50(40-19-8-3-9-20-40)59-58(60-51)41-29-27-39(28-30-41)45-31-32-47(56-48-21-10-12-24-52(48)61-57(45)56)46-23-14-26-54-55(46)49-22-11-13-25-53(49)62-54/h1-36H. The Hall–Kier alpha value is -7.92. The molecule has 0 aliphatic rings. The highest BCUT2D eigenvalue weighted by Gasteiger charge is 2.20. The number of furan rings is 1. The molecule has 0 saturated heterocycles. The lowest BCUT2D eigenvalue weighted by Gasteiger charge is -2.13. The molecule has 3 nitrogen and oxygen atoms in total. The van der Waals surface area contributed by atoms with Gasteiger partial charge in [0.1, 0.15) is 11.2 Å². The van der Waals surface area contributed by atoms with Crippen molar-refractivity contribution in [3.8, 4) is 78.4 Å². The van der Waals surface area contributed by atoms with E-state index < -0.39 is 0 Å². The summed E-state index contributed by atoms with van der Waals surface area (Å²) in [5.74, 6) is 0.666. The van der Waals surface area contributed by atoms with Crippen molar-refractivity contribution in [2.45, 2.75) is 0 Å². The molecule has 290 valence electrons. The predicted molar refractivity (Wildman–Crippen MR) is 260 cm³/mol. The normalized spacial score (nSPS) is 11.5. The van der Waals surface area contributed by atoms with Crippen molar-refractivity contribution >= 4 is 53.4 Å². The fraction of sp³-hybridized carbons (Fsp3) is 0. The van der Waals surface area contributed by atoms with Crippen LogP contribution in [0.25, 0.3) is 121 Å². The first kappa shape index (κ1) is 36.0. The number of fused-ring (bicyclic) bond motifs is 6. The summed E-state index contributed by atoms with van der Waals surface area (Å²) in [4.78, 5) is 10.5. The Kier molecular flexibility index (Phi) is 8.68. The van der Waals surface area contributed by atoms with Gasteiger partial charge in [-0.25, -0.2) is 9.97 Å². The van der Waals surface area contributed by atoms with Gasteiger partial charge in [-0.05, 0) is 87.5 Å². The quantitative estimate of drug-likeness (QED) is 0.161. The van der Waals surface area contributed by atoms with Crippen molar-refractivity contribution < 1.29 is 4.42 Å². The lowest BCUT2D eigenvalue weighted by atomic mass is 9.92. The Morgan fingerprint density at radius 3 is 1.56 bits per heavy atom. The molecule has 0 atom stereocenters. The lowest BCUT2D eigenvalue weighted by Crippen LogP contribution is -1.96. The summed E-state index contributed by atoms with van der Waals surface area (Å²) in [6.07, 6.45) is 0. The smallest absolute Gasteiger partial charge is 0.160 e. The van der Waals surface area contributed by atoms with Gasteiger partial charge in [0, 0.05) is 53.2 Å². The summed E-state index contributed by atoms with van der Waals surface area (Å²) >= 11 is 1.85. The molecule has 0 bridgehead atoms. The molecule has 0 amide bonds. The first-order valence-corrected chi connectivity index (χ1v) is 21.7. The number of rotatable bonds is 7. The van der Waals surface area contributed by atoms with Crippen LogP contribution in [0, 0.1) is 0 Å². The molecule has 0 N–H and O–H groups in total. The first-order chi connectivity index (χ1) is 30.7. The fourth-order valence-corrected chi connectivity index (χ4v) is 10.1. The zero-order valence-corrected chi connectivity index (χ0v) is 34.3. The Morgan fingerprint density at radius 2 is 0.855 bits per heavy atom. The van der Waals surface area contributed by atoms with Crippen molar-refractivity contribution in [2.75, 3.05) is 0 Å². The van der Waals surface area contributed by atoms with E-state index in [1.54, 1.807) is 0 Å². The van der Waals surface area contributed by atoms with Crippen molar-refractivity contribution in [3.63, 3.8) is 0 Å². The highest BCUT2D eigenvalue weighted by Crippen LogP contribution is 2.46. The minimum Gasteiger partial charge on any atom is -0.455 e. The van der Waals surface area contributed by atoms with Gasteiger partial charge in [-0.2, -0.15) is 0 Å². The van der Waals surface area contributed by atoms with E-state index >= 15 is 0 Å². The fourth-order valence-electron chi connectivity index (χ4n) is 8.93. The van der Waals surface area contributed by atoms with Gasteiger partial charge < -0.3 is 4.42 Å².